The van der Waals surface area contributed by atoms with Crippen molar-refractivity contribution in [1.82, 2.24) is 0 Å². The van der Waals surface area contributed by atoms with E-state index in [4.69, 9.17) is 9.47 Å². The highest BCUT2D eigenvalue weighted by molar-refractivity contribution is 5.98. The lowest BCUT2D eigenvalue weighted by Crippen LogP contribution is -2.26. The standard InChI is InChI=1S/C16H16O3/c1-18-16(15(17)14-10-6-3-7-11-14)19-12-13-8-4-2-5-9-13/h2-11,16H,12H2,1H3. The van der Waals surface area contributed by atoms with Crippen molar-refractivity contribution in [2.24, 2.45) is 0 Å². The quantitative estimate of drug-likeness (QED) is 0.588. The summed E-state index contributed by atoms with van der Waals surface area (Å²) in [5, 5.41) is 0. The zero-order valence-corrected chi connectivity index (χ0v) is 10.8. The molecular weight excluding hydrogens is 240 g/mol. The lowest BCUT2D eigenvalue weighted by Gasteiger charge is -2.15. The lowest BCUT2D eigenvalue weighted by molar-refractivity contribution is -0.103. The molecule has 2 aromatic carbocycles. The van der Waals surface area contributed by atoms with Crippen LogP contribution in [0.5, 0.6) is 0 Å². The highest BCUT2D eigenvalue weighted by atomic mass is 16.7. The fourth-order valence-electron chi connectivity index (χ4n) is 1.74. The Morgan fingerprint density at radius 1 is 1.00 bits per heavy atom. The van der Waals surface area contributed by atoms with E-state index < -0.39 is 6.29 Å². The third-order valence-corrected chi connectivity index (χ3v) is 2.73. The van der Waals surface area contributed by atoms with Crippen molar-refractivity contribution in [3.05, 3.63) is 71.8 Å². The summed E-state index contributed by atoms with van der Waals surface area (Å²) < 4.78 is 10.6. The number of ether oxygens (including phenoxy) is 2. The maximum absolute atomic E-state index is 12.1. The molecule has 0 saturated heterocycles. The molecule has 0 radical (unpaired) electrons. The number of benzene rings is 2. The van der Waals surface area contributed by atoms with Crippen molar-refractivity contribution in [2.45, 2.75) is 12.9 Å². The maximum atomic E-state index is 12.1. The minimum absolute atomic E-state index is 0.168. The monoisotopic (exact) mass is 256 g/mol. The summed E-state index contributed by atoms with van der Waals surface area (Å²) in [4.78, 5) is 12.1. The first kappa shape index (κ1) is 13.5. The summed E-state index contributed by atoms with van der Waals surface area (Å²) >= 11 is 0. The van der Waals surface area contributed by atoms with Crippen molar-refractivity contribution < 1.29 is 14.3 Å². The van der Waals surface area contributed by atoms with Crippen LogP contribution in [0.3, 0.4) is 0 Å². The number of Topliss-reactive ketones (excluding diaryl/α,β-unsaturated/α-hetero) is 1. The van der Waals surface area contributed by atoms with Gasteiger partial charge in [-0.3, -0.25) is 4.79 Å². The smallest absolute Gasteiger partial charge is 0.222 e. The Hall–Kier alpha value is -1.97. The SMILES string of the molecule is COC(OCc1ccccc1)C(=O)c1ccccc1. The molecule has 0 bridgehead atoms. The van der Waals surface area contributed by atoms with E-state index in [0.29, 0.717) is 12.2 Å². The van der Waals surface area contributed by atoms with Gasteiger partial charge in [0.25, 0.3) is 0 Å². The molecule has 98 valence electrons. The Balaban J connectivity index is 1.99. The first-order chi connectivity index (χ1) is 9.31. The zero-order valence-electron chi connectivity index (χ0n) is 10.8. The van der Waals surface area contributed by atoms with Gasteiger partial charge in [-0.1, -0.05) is 60.7 Å². The van der Waals surface area contributed by atoms with Gasteiger partial charge in [-0.25, -0.2) is 0 Å². The van der Waals surface area contributed by atoms with E-state index in [-0.39, 0.29) is 5.78 Å². The Morgan fingerprint density at radius 3 is 2.16 bits per heavy atom. The lowest BCUT2D eigenvalue weighted by atomic mass is 10.1. The first-order valence-corrected chi connectivity index (χ1v) is 6.09. The predicted octanol–water partition coefficient (Wildman–Crippen LogP) is 3.06. The second-order valence-corrected chi connectivity index (χ2v) is 4.09. The van der Waals surface area contributed by atoms with E-state index in [9.17, 15) is 4.79 Å². The van der Waals surface area contributed by atoms with E-state index in [2.05, 4.69) is 0 Å². The fourth-order valence-corrected chi connectivity index (χ4v) is 1.74. The summed E-state index contributed by atoms with van der Waals surface area (Å²) in [5.41, 5.74) is 1.59. The van der Waals surface area contributed by atoms with E-state index >= 15 is 0 Å². The average Bonchev–Trinajstić information content (AvgIpc) is 2.49. The van der Waals surface area contributed by atoms with Crippen LogP contribution < -0.4 is 0 Å². The summed E-state index contributed by atoms with van der Waals surface area (Å²) in [6.45, 7) is 0.345. The third kappa shape index (κ3) is 3.74. The number of carbonyl (C=O) groups is 1. The van der Waals surface area contributed by atoms with Crippen molar-refractivity contribution in [2.75, 3.05) is 7.11 Å². The van der Waals surface area contributed by atoms with Gasteiger partial charge in [-0.05, 0) is 5.56 Å². The van der Waals surface area contributed by atoms with E-state index in [1.807, 2.05) is 48.5 Å². The van der Waals surface area contributed by atoms with Crippen LogP contribution in [0.25, 0.3) is 0 Å². The molecule has 0 amide bonds. The number of methoxy groups -OCH3 is 1. The Labute approximate surface area is 112 Å². The van der Waals surface area contributed by atoms with Crippen LogP contribution in [0.1, 0.15) is 15.9 Å². The van der Waals surface area contributed by atoms with Crippen molar-refractivity contribution in [3.8, 4) is 0 Å². The second-order valence-electron chi connectivity index (χ2n) is 4.09. The number of hydrogen-bond donors (Lipinski definition) is 0. The van der Waals surface area contributed by atoms with E-state index in [0.717, 1.165) is 5.56 Å². The average molecular weight is 256 g/mol. The summed E-state index contributed by atoms with van der Waals surface area (Å²) in [6, 6.07) is 18.7. The van der Waals surface area contributed by atoms with Crippen LogP contribution in [0.2, 0.25) is 0 Å². The predicted molar refractivity (Wildman–Crippen MR) is 72.8 cm³/mol. The highest BCUT2D eigenvalue weighted by Gasteiger charge is 2.19. The molecule has 3 heteroatoms. The molecule has 0 aliphatic carbocycles. The highest BCUT2D eigenvalue weighted by Crippen LogP contribution is 2.10. The van der Waals surface area contributed by atoms with E-state index in [1.165, 1.54) is 7.11 Å². The minimum atomic E-state index is -0.873. The van der Waals surface area contributed by atoms with Gasteiger partial charge in [0.2, 0.25) is 12.1 Å². The number of rotatable bonds is 6. The third-order valence-electron chi connectivity index (χ3n) is 2.73. The van der Waals surface area contributed by atoms with Crippen LogP contribution in [0, 0.1) is 0 Å². The largest absolute Gasteiger partial charge is 0.349 e. The van der Waals surface area contributed by atoms with Crippen LogP contribution in [-0.4, -0.2) is 19.2 Å². The van der Waals surface area contributed by atoms with Gasteiger partial charge in [0, 0.05) is 12.7 Å². The molecule has 2 rings (SSSR count). The van der Waals surface area contributed by atoms with Gasteiger partial charge in [-0.15, -0.1) is 0 Å². The summed E-state index contributed by atoms with van der Waals surface area (Å²) in [5.74, 6) is -0.168. The number of ketones is 1. The molecule has 19 heavy (non-hydrogen) atoms. The molecule has 0 heterocycles. The van der Waals surface area contributed by atoms with Crippen LogP contribution >= 0.6 is 0 Å². The molecule has 3 nitrogen and oxygen atoms in total. The molecule has 0 fully saturated rings. The number of carbonyl (C=O) groups excluding carboxylic acids is 1. The molecule has 0 saturated carbocycles. The summed E-state index contributed by atoms with van der Waals surface area (Å²) in [7, 11) is 1.47. The van der Waals surface area contributed by atoms with E-state index in [1.54, 1.807) is 12.1 Å². The van der Waals surface area contributed by atoms with Gasteiger partial charge >= 0.3 is 0 Å². The van der Waals surface area contributed by atoms with Crippen molar-refractivity contribution in [1.29, 1.82) is 0 Å². The summed E-state index contributed by atoms with van der Waals surface area (Å²) in [6.07, 6.45) is -0.873. The molecule has 1 unspecified atom stereocenters. The van der Waals surface area contributed by atoms with Gasteiger partial charge in [-0.2, -0.15) is 0 Å². The van der Waals surface area contributed by atoms with Gasteiger partial charge in [0.15, 0.2) is 0 Å². The molecule has 0 spiro atoms. The zero-order chi connectivity index (χ0) is 13.5. The van der Waals surface area contributed by atoms with Gasteiger partial charge < -0.3 is 9.47 Å². The molecular formula is C16H16O3. The fraction of sp³-hybridized carbons (Fsp3) is 0.188. The molecule has 2 aromatic rings. The van der Waals surface area contributed by atoms with Gasteiger partial charge in [0.1, 0.15) is 0 Å². The molecule has 0 aliphatic heterocycles. The normalized spacial score (nSPS) is 12.1. The number of hydrogen-bond acceptors (Lipinski definition) is 3. The molecule has 1 atom stereocenters. The molecule has 0 N–H and O–H groups in total. The Bertz CT molecular complexity index is 508. The molecule has 0 aromatic heterocycles. The Morgan fingerprint density at radius 2 is 1.58 bits per heavy atom. The van der Waals surface area contributed by atoms with Crippen LogP contribution in [0.4, 0.5) is 0 Å². The van der Waals surface area contributed by atoms with Gasteiger partial charge in [0.05, 0.1) is 6.61 Å². The van der Waals surface area contributed by atoms with Crippen LogP contribution in [0.15, 0.2) is 60.7 Å². The topological polar surface area (TPSA) is 35.5 Å². The first-order valence-electron chi connectivity index (χ1n) is 6.09. The maximum Gasteiger partial charge on any atom is 0.222 e. The van der Waals surface area contributed by atoms with Crippen molar-refractivity contribution >= 4 is 5.78 Å². The van der Waals surface area contributed by atoms with Crippen LogP contribution in [-0.2, 0) is 16.1 Å². The Kier molecular flexibility index (Phi) is 4.84. The second kappa shape index (κ2) is 6.83. The minimum Gasteiger partial charge on any atom is -0.349 e. The van der Waals surface area contributed by atoms with Crippen molar-refractivity contribution in [3.63, 3.8) is 0 Å². The molecule has 0 aliphatic rings.